The first-order valence-electron chi connectivity index (χ1n) is 3.93. The minimum absolute atomic E-state index is 0.387. The van der Waals surface area contributed by atoms with Gasteiger partial charge in [0.05, 0.1) is 0 Å². The van der Waals surface area contributed by atoms with Crippen LogP contribution in [0.5, 0.6) is 0 Å². The molecule has 0 aromatic rings. The van der Waals surface area contributed by atoms with Crippen LogP contribution in [0.2, 0.25) is 0 Å². The highest BCUT2D eigenvalue weighted by Gasteiger charge is 2.12. The topological polar surface area (TPSA) is 0 Å². The fourth-order valence-electron chi connectivity index (χ4n) is 1.15. The number of hydrogen-bond acceptors (Lipinski definition) is 0. The summed E-state index contributed by atoms with van der Waals surface area (Å²) < 4.78 is 0. The van der Waals surface area contributed by atoms with Crippen molar-refractivity contribution >= 4 is 0 Å². The quantitative estimate of drug-likeness (QED) is 0.448. The summed E-state index contributed by atoms with van der Waals surface area (Å²) in [7, 11) is 0. The molecule has 1 aliphatic rings. The van der Waals surface area contributed by atoms with Crippen LogP contribution in [0.25, 0.3) is 0 Å². The van der Waals surface area contributed by atoms with Gasteiger partial charge in [-0.05, 0) is 25.2 Å². The van der Waals surface area contributed by atoms with E-state index in [1.807, 2.05) is 0 Å². The second kappa shape index (κ2) is 2.61. The van der Waals surface area contributed by atoms with Crippen molar-refractivity contribution < 1.29 is 0 Å². The zero-order chi connectivity index (χ0) is 7.61. The summed E-state index contributed by atoms with van der Waals surface area (Å²) in [5.41, 5.74) is 1.89. The molecule has 0 spiro atoms. The predicted octanol–water partition coefficient (Wildman–Crippen LogP) is 3.31. The number of rotatable bonds is 0. The Bertz CT molecular complexity index is 170. The molecule has 0 unspecified atom stereocenters. The molecule has 0 amide bonds. The Morgan fingerprint density at radius 1 is 1.40 bits per heavy atom. The first kappa shape index (κ1) is 7.59. The predicted molar refractivity (Wildman–Crippen MR) is 45.9 cm³/mol. The largest absolute Gasteiger partial charge is 0.0845 e. The maximum atomic E-state index is 2.35. The van der Waals surface area contributed by atoms with Crippen molar-refractivity contribution in [3.8, 4) is 0 Å². The standard InChI is InChI=1S/C10H16/c1-9-5-4-7-10(2,3)8-6-9/h4,6-7H,5,8H2,1-3H3. The van der Waals surface area contributed by atoms with Crippen LogP contribution < -0.4 is 0 Å². The Kier molecular flexibility index (Phi) is 1.98. The van der Waals surface area contributed by atoms with Crippen LogP contribution in [-0.2, 0) is 0 Å². The molecule has 0 saturated carbocycles. The van der Waals surface area contributed by atoms with Crippen LogP contribution in [0.4, 0.5) is 0 Å². The highest BCUT2D eigenvalue weighted by atomic mass is 14.2. The maximum absolute atomic E-state index is 2.35. The molecule has 0 bridgehead atoms. The number of allylic oxidation sites excluding steroid dienone is 4. The smallest absolute Gasteiger partial charge is 0.0140 e. The molecule has 0 aromatic heterocycles. The molecule has 0 saturated heterocycles. The van der Waals surface area contributed by atoms with E-state index < -0.39 is 0 Å². The zero-order valence-electron chi connectivity index (χ0n) is 7.15. The average molecular weight is 136 g/mol. The van der Waals surface area contributed by atoms with E-state index in [0.29, 0.717) is 5.41 Å². The molecule has 0 radical (unpaired) electrons. The van der Waals surface area contributed by atoms with Gasteiger partial charge in [-0.2, -0.15) is 0 Å². The lowest BCUT2D eigenvalue weighted by molar-refractivity contribution is 0.490. The maximum Gasteiger partial charge on any atom is -0.0140 e. The van der Waals surface area contributed by atoms with Gasteiger partial charge in [-0.15, -0.1) is 0 Å². The van der Waals surface area contributed by atoms with Gasteiger partial charge in [-0.25, -0.2) is 0 Å². The van der Waals surface area contributed by atoms with Gasteiger partial charge in [0.25, 0.3) is 0 Å². The molecule has 10 heavy (non-hydrogen) atoms. The Hall–Kier alpha value is -0.520. The zero-order valence-corrected chi connectivity index (χ0v) is 7.15. The van der Waals surface area contributed by atoms with Crippen molar-refractivity contribution in [1.82, 2.24) is 0 Å². The minimum atomic E-state index is 0.387. The summed E-state index contributed by atoms with van der Waals surface area (Å²) >= 11 is 0. The van der Waals surface area contributed by atoms with Gasteiger partial charge in [-0.1, -0.05) is 37.6 Å². The van der Waals surface area contributed by atoms with E-state index in [1.54, 1.807) is 0 Å². The van der Waals surface area contributed by atoms with Gasteiger partial charge in [0.2, 0.25) is 0 Å². The lowest BCUT2D eigenvalue weighted by atomic mass is 9.90. The molecule has 0 fully saturated rings. The Morgan fingerprint density at radius 3 is 2.80 bits per heavy atom. The Labute approximate surface area is 63.6 Å². The summed E-state index contributed by atoms with van der Waals surface area (Å²) in [5, 5.41) is 0. The normalized spacial score (nSPS) is 23.7. The van der Waals surface area contributed by atoms with Crippen LogP contribution in [0.3, 0.4) is 0 Å². The monoisotopic (exact) mass is 136 g/mol. The van der Waals surface area contributed by atoms with E-state index in [0.717, 1.165) is 6.42 Å². The van der Waals surface area contributed by atoms with Crippen molar-refractivity contribution in [3.63, 3.8) is 0 Å². The van der Waals surface area contributed by atoms with Crippen molar-refractivity contribution in [2.75, 3.05) is 0 Å². The third-order valence-electron chi connectivity index (χ3n) is 1.99. The van der Waals surface area contributed by atoms with Gasteiger partial charge in [0.15, 0.2) is 0 Å². The molecule has 0 nitrogen and oxygen atoms in total. The third-order valence-corrected chi connectivity index (χ3v) is 1.99. The van der Waals surface area contributed by atoms with Crippen molar-refractivity contribution in [3.05, 3.63) is 23.8 Å². The fourth-order valence-corrected chi connectivity index (χ4v) is 1.15. The molecule has 0 heteroatoms. The number of hydrogen-bond donors (Lipinski definition) is 0. The molecule has 56 valence electrons. The lowest BCUT2D eigenvalue weighted by Gasteiger charge is -2.15. The first-order valence-corrected chi connectivity index (χ1v) is 3.93. The summed E-state index contributed by atoms with van der Waals surface area (Å²) in [5.74, 6) is 0. The highest BCUT2D eigenvalue weighted by molar-refractivity contribution is 5.13. The van der Waals surface area contributed by atoms with E-state index in [-0.39, 0.29) is 0 Å². The Morgan fingerprint density at radius 2 is 2.10 bits per heavy atom. The second-order valence-corrected chi connectivity index (χ2v) is 3.85. The minimum Gasteiger partial charge on any atom is -0.0845 e. The first-order chi connectivity index (χ1) is 4.60. The molecule has 0 aliphatic heterocycles. The van der Waals surface area contributed by atoms with Gasteiger partial charge >= 0.3 is 0 Å². The van der Waals surface area contributed by atoms with Gasteiger partial charge < -0.3 is 0 Å². The molecular formula is C10H16. The SMILES string of the molecule is CC1=CCC(C)(C)C=CC1. The van der Waals surface area contributed by atoms with Crippen LogP contribution in [0.15, 0.2) is 23.8 Å². The molecule has 0 N–H and O–H groups in total. The highest BCUT2D eigenvalue weighted by Crippen LogP contribution is 2.26. The fraction of sp³-hybridized carbons (Fsp3) is 0.600. The second-order valence-electron chi connectivity index (χ2n) is 3.85. The van der Waals surface area contributed by atoms with Crippen molar-refractivity contribution in [2.24, 2.45) is 5.41 Å². The summed E-state index contributed by atoms with van der Waals surface area (Å²) in [6, 6.07) is 0. The van der Waals surface area contributed by atoms with Crippen molar-refractivity contribution in [1.29, 1.82) is 0 Å². The average Bonchev–Trinajstić information content (AvgIpc) is 1.94. The summed E-state index contributed by atoms with van der Waals surface area (Å²) in [6.07, 6.45) is 9.28. The molecule has 0 aromatic carbocycles. The van der Waals surface area contributed by atoms with Gasteiger partial charge in [-0.3, -0.25) is 0 Å². The van der Waals surface area contributed by atoms with Crippen LogP contribution >= 0.6 is 0 Å². The van der Waals surface area contributed by atoms with E-state index in [9.17, 15) is 0 Å². The van der Waals surface area contributed by atoms with Gasteiger partial charge in [0.1, 0.15) is 0 Å². The molecule has 0 atom stereocenters. The van der Waals surface area contributed by atoms with Crippen molar-refractivity contribution in [2.45, 2.75) is 33.6 Å². The lowest BCUT2D eigenvalue weighted by Crippen LogP contribution is -2.03. The van der Waals surface area contributed by atoms with E-state index in [2.05, 4.69) is 39.0 Å². The van der Waals surface area contributed by atoms with E-state index >= 15 is 0 Å². The Balaban J connectivity index is 2.72. The molecular weight excluding hydrogens is 120 g/mol. The van der Waals surface area contributed by atoms with E-state index in [1.165, 1.54) is 12.0 Å². The molecule has 1 aliphatic carbocycles. The van der Waals surface area contributed by atoms with Crippen LogP contribution in [0.1, 0.15) is 33.6 Å². The van der Waals surface area contributed by atoms with E-state index in [4.69, 9.17) is 0 Å². The summed E-state index contributed by atoms with van der Waals surface area (Å²) in [6.45, 7) is 6.75. The van der Waals surface area contributed by atoms with Crippen LogP contribution in [-0.4, -0.2) is 0 Å². The van der Waals surface area contributed by atoms with Gasteiger partial charge in [0, 0.05) is 0 Å². The molecule has 0 heterocycles. The summed E-state index contributed by atoms with van der Waals surface area (Å²) in [4.78, 5) is 0. The molecule has 1 rings (SSSR count). The van der Waals surface area contributed by atoms with Crippen LogP contribution in [0, 0.1) is 5.41 Å². The third kappa shape index (κ3) is 2.02.